The van der Waals surface area contributed by atoms with E-state index in [0.717, 1.165) is 31.7 Å². The van der Waals surface area contributed by atoms with E-state index >= 15 is 0 Å². The molecule has 0 bridgehead atoms. The first-order valence-corrected chi connectivity index (χ1v) is 12.6. The van der Waals surface area contributed by atoms with Crippen molar-refractivity contribution in [2.45, 2.75) is 13.8 Å². The minimum absolute atomic E-state index is 0.151. The highest BCUT2D eigenvalue weighted by Gasteiger charge is 2.25. The molecular weight excluding hydrogens is 470 g/mol. The molecule has 1 aliphatic rings. The van der Waals surface area contributed by atoms with Crippen molar-refractivity contribution in [2.75, 3.05) is 49.5 Å². The Morgan fingerprint density at radius 1 is 1.03 bits per heavy atom. The first-order chi connectivity index (χ1) is 16.5. The van der Waals surface area contributed by atoms with Crippen LogP contribution < -0.4 is 10.2 Å². The lowest BCUT2D eigenvalue weighted by molar-refractivity contribution is -0.117. The van der Waals surface area contributed by atoms with Gasteiger partial charge in [0.25, 0.3) is 0 Å². The normalized spacial score (nSPS) is 14.1. The molecule has 1 aromatic heterocycles. The molecule has 1 saturated heterocycles. The number of aryl methyl sites for hydroxylation is 1. The summed E-state index contributed by atoms with van der Waals surface area (Å²) in [6.45, 7) is 7.70. The Morgan fingerprint density at radius 3 is 2.44 bits per heavy atom. The Kier molecular flexibility index (Phi) is 7.88. The fourth-order valence-electron chi connectivity index (χ4n) is 4.17. The van der Waals surface area contributed by atoms with Crippen molar-refractivity contribution in [3.05, 3.63) is 70.1 Å². The number of esters is 1. The van der Waals surface area contributed by atoms with Crippen LogP contribution in [0.15, 0.2) is 53.9 Å². The summed E-state index contributed by atoms with van der Waals surface area (Å²) in [5, 5.41) is 5.80. The number of ether oxygens (including phenoxy) is 1. The molecule has 0 atom stereocenters. The predicted molar refractivity (Wildman–Crippen MR) is 139 cm³/mol. The van der Waals surface area contributed by atoms with Crippen molar-refractivity contribution in [2.24, 2.45) is 0 Å². The van der Waals surface area contributed by atoms with Gasteiger partial charge in [-0.15, -0.1) is 11.3 Å². The van der Waals surface area contributed by atoms with Crippen LogP contribution in [0.5, 0.6) is 0 Å². The van der Waals surface area contributed by atoms with Crippen molar-refractivity contribution in [1.82, 2.24) is 4.90 Å². The Hall–Kier alpha value is -2.87. The van der Waals surface area contributed by atoms with Gasteiger partial charge in [0, 0.05) is 53.4 Å². The summed E-state index contributed by atoms with van der Waals surface area (Å²) in [5.41, 5.74) is 4.24. The summed E-state index contributed by atoms with van der Waals surface area (Å²) < 4.78 is 5.28. The number of halogens is 1. The maximum Gasteiger partial charge on any atom is 0.341 e. The SMILES string of the molecule is CCOC(=O)c1c(-c2ccccc2Cl)csc1NC(=O)CN1CCN(c2ccccc2C)CC1. The molecule has 34 heavy (non-hydrogen) atoms. The molecule has 178 valence electrons. The summed E-state index contributed by atoms with van der Waals surface area (Å²) in [6, 6.07) is 15.7. The van der Waals surface area contributed by atoms with Gasteiger partial charge < -0.3 is 15.0 Å². The zero-order valence-corrected chi connectivity index (χ0v) is 20.9. The number of hydrogen-bond donors (Lipinski definition) is 1. The van der Waals surface area contributed by atoms with Crippen molar-refractivity contribution in [3.8, 4) is 11.1 Å². The van der Waals surface area contributed by atoms with Crippen LogP contribution in [-0.4, -0.2) is 56.1 Å². The van der Waals surface area contributed by atoms with Crippen LogP contribution >= 0.6 is 22.9 Å². The highest BCUT2D eigenvalue weighted by molar-refractivity contribution is 7.15. The van der Waals surface area contributed by atoms with Crippen LogP contribution in [0.25, 0.3) is 11.1 Å². The zero-order valence-electron chi connectivity index (χ0n) is 19.3. The number of para-hydroxylation sites is 1. The molecule has 2 heterocycles. The number of amides is 1. The highest BCUT2D eigenvalue weighted by atomic mass is 35.5. The van der Waals surface area contributed by atoms with Gasteiger partial charge in [-0.1, -0.05) is 48.0 Å². The number of anilines is 2. The number of nitrogens with zero attached hydrogens (tertiary/aromatic N) is 2. The second-order valence-electron chi connectivity index (χ2n) is 8.15. The van der Waals surface area contributed by atoms with E-state index in [1.807, 2.05) is 29.6 Å². The maximum atomic E-state index is 12.9. The minimum Gasteiger partial charge on any atom is -0.462 e. The van der Waals surface area contributed by atoms with Crippen LogP contribution in [0.2, 0.25) is 5.02 Å². The predicted octanol–water partition coefficient (Wildman–Crippen LogP) is 5.31. The molecule has 0 unspecified atom stereocenters. The Bertz CT molecular complexity index is 1170. The van der Waals surface area contributed by atoms with E-state index in [0.29, 0.717) is 21.2 Å². The van der Waals surface area contributed by atoms with Crippen molar-refractivity contribution in [3.63, 3.8) is 0 Å². The van der Waals surface area contributed by atoms with Gasteiger partial charge in [-0.3, -0.25) is 9.69 Å². The largest absolute Gasteiger partial charge is 0.462 e. The van der Waals surface area contributed by atoms with Gasteiger partial charge in [-0.25, -0.2) is 4.79 Å². The molecule has 0 spiro atoms. The second kappa shape index (κ2) is 11.0. The lowest BCUT2D eigenvalue weighted by Gasteiger charge is -2.36. The van der Waals surface area contributed by atoms with E-state index in [1.165, 1.54) is 22.6 Å². The molecule has 4 rings (SSSR count). The Labute approximate surface area is 209 Å². The molecule has 2 aromatic carbocycles. The summed E-state index contributed by atoms with van der Waals surface area (Å²) in [5.74, 6) is -0.622. The van der Waals surface area contributed by atoms with Crippen LogP contribution in [0.1, 0.15) is 22.8 Å². The van der Waals surface area contributed by atoms with Crippen LogP contribution in [0.3, 0.4) is 0 Å². The topological polar surface area (TPSA) is 61.9 Å². The van der Waals surface area contributed by atoms with Gasteiger partial charge in [-0.05, 0) is 31.5 Å². The first-order valence-electron chi connectivity index (χ1n) is 11.3. The fraction of sp³-hybridized carbons (Fsp3) is 0.308. The van der Waals surface area contributed by atoms with Crippen molar-refractivity contribution >= 4 is 45.5 Å². The molecule has 1 aliphatic heterocycles. The zero-order chi connectivity index (χ0) is 24.1. The number of piperazine rings is 1. The molecule has 3 aromatic rings. The van der Waals surface area contributed by atoms with E-state index in [2.05, 4.69) is 40.2 Å². The summed E-state index contributed by atoms with van der Waals surface area (Å²) in [7, 11) is 0. The fourth-order valence-corrected chi connectivity index (χ4v) is 5.37. The third-order valence-electron chi connectivity index (χ3n) is 5.88. The van der Waals surface area contributed by atoms with Gasteiger partial charge in [0.05, 0.1) is 13.2 Å². The Balaban J connectivity index is 1.44. The molecule has 1 N–H and O–H groups in total. The summed E-state index contributed by atoms with van der Waals surface area (Å²) >= 11 is 7.68. The molecule has 0 saturated carbocycles. The van der Waals surface area contributed by atoms with Crippen LogP contribution in [-0.2, 0) is 9.53 Å². The molecule has 6 nitrogen and oxygen atoms in total. The number of carbonyl (C=O) groups excluding carboxylic acids is 2. The number of carbonyl (C=O) groups is 2. The molecule has 8 heteroatoms. The van der Waals surface area contributed by atoms with Gasteiger partial charge in [0.1, 0.15) is 10.6 Å². The third-order valence-corrected chi connectivity index (χ3v) is 7.11. The number of nitrogens with one attached hydrogen (secondary N) is 1. The molecule has 0 aliphatic carbocycles. The van der Waals surface area contributed by atoms with Gasteiger partial charge in [-0.2, -0.15) is 0 Å². The van der Waals surface area contributed by atoms with E-state index in [9.17, 15) is 9.59 Å². The standard InChI is InChI=1S/C26H28ClN3O3S/c1-3-33-26(32)24-20(19-9-5-6-10-21(19)27)17-34-25(24)28-23(31)16-29-12-14-30(15-13-29)22-11-7-4-8-18(22)2/h4-11,17H,3,12-16H2,1-2H3,(H,28,31). The average Bonchev–Trinajstić information content (AvgIpc) is 3.23. The number of benzene rings is 2. The number of thiophene rings is 1. The molecule has 1 amide bonds. The highest BCUT2D eigenvalue weighted by Crippen LogP contribution is 2.39. The van der Waals surface area contributed by atoms with Gasteiger partial charge in [0.15, 0.2) is 0 Å². The lowest BCUT2D eigenvalue weighted by Crippen LogP contribution is -2.48. The lowest BCUT2D eigenvalue weighted by atomic mass is 10.0. The van der Waals surface area contributed by atoms with Crippen LogP contribution in [0, 0.1) is 6.92 Å². The van der Waals surface area contributed by atoms with E-state index in [-0.39, 0.29) is 19.1 Å². The van der Waals surface area contributed by atoms with E-state index in [1.54, 1.807) is 13.0 Å². The Morgan fingerprint density at radius 2 is 1.74 bits per heavy atom. The average molecular weight is 498 g/mol. The molecule has 0 radical (unpaired) electrons. The smallest absolute Gasteiger partial charge is 0.341 e. The molecular formula is C26H28ClN3O3S. The summed E-state index contributed by atoms with van der Waals surface area (Å²) in [6.07, 6.45) is 0. The first kappa shape index (κ1) is 24.3. The molecule has 1 fully saturated rings. The van der Waals surface area contributed by atoms with E-state index in [4.69, 9.17) is 16.3 Å². The van der Waals surface area contributed by atoms with Crippen LogP contribution in [0.4, 0.5) is 10.7 Å². The number of hydrogen-bond acceptors (Lipinski definition) is 6. The monoisotopic (exact) mass is 497 g/mol. The van der Waals surface area contributed by atoms with Crippen molar-refractivity contribution < 1.29 is 14.3 Å². The minimum atomic E-state index is -0.471. The van der Waals surface area contributed by atoms with Gasteiger partial charge in [0.2, 0.25) is 5.91 Å². The number of rotatable bonds is 7. The van der Waals surface area contributed by atoms with Gasteiger partial charge >= 0.3 is 5.97 Å². The quantitative estimate of drug-likeness (QED) is 0.448. The maximum absolute atomic E-state index is 12.9. The third kappa shape index (κ3) is 5.43. The summed E-state index contributed by atoms with van der Waals surface area (Å²) in [4.78, 5) is 30.2. The van der Waals surface area contributed by atoms with Crippen molar-refractivity contribution in [1.29, 1.82) is 0 Å². The second-order valence-corrected chi connectivity index (χ2v) is 9.44. The van der Waals surface area contributed by atoms with E-state index < -0.39 is 5.97 Å².